The van der Waals surface area contributed by atoms with Crippen LogP contribution in [-0.4, -0.2) is 20.9 Å². The molecule has 0 saturated heterocycles. The van der Waals surface area contributed by atoms with E-state index in [-0.39, 0.29) is 17.4 Å². The highest BCUT2D eigenvalue weighted by molar-refractivity contribution is 7.92. The molecular formula is C22H22N2O4S. The number of hydrogen-bond acceptors (Lipinski definition) is 4. The van der Waals surface area contributed by atoms with Crippen LogP contribution in [0.4, 0.5) is 11.4 Å². The Morgan fingerprint density at radius 2 is 1.59 bits per heavy atom. The number of carbonyl (C=O) groups excluding carboxylic acids is 1. The number of ether oxygens (including phenoxy) is 1. The molecule has 150 valence electrons. The van der Waals surface area contributed by atoms with Crippen molar-refractivity contribution in [3.63, 3.8) is 0 Å². The average Bonchev–Trinajstić information content (AvgIpc) is 2.68. The van der Waals surface area contributed by atoms with Gasteiger partial charge in [-0.25, -0.2) is 8.42 Å². The third-order valence-corrected chi connectivity index (χ3v) is 5.56. The second-order valence-corrected chi connectivity index (χ2v) is 8.28. The van der Waals surface area contributed by atoms with Crippen LogP contribution in [0.25, 0.3) is 0 Å². The zero-order valence-corrected chi connectivity index (χ0v) is 17.0. The first kappa shape index (κ1) is 20.4. The summed E-state index contributed by atoms with van der Waals surface area (Å²) in [4.78, 5) is 12.2. The third-order valence-electron chi connectivity index (χ3n) is 4.16. The van der Waals surface area contributed by atoms with Crippen LogP contribution in [0.5, 0.6) is 5.75 Å². The monoisotopic (exact) mass is 410 g/mol. The summed E-state index contributed by atoms with van der Waals surface area (Å²) in [6.45, 7) is 3.77. The molecule has 3 aromatic carbocycles. The number of hydrogen-bond donors (Lipinski definition) is 2. The Balaban J connectivity index is 1.59. The first-order valence-electron chi connectivity index (χ1n) is 9.01. The molecule has 1 amide bonds. The van der Waals surface area contributed by atoms with E-state index in [4.69, 9.17) is 4.74 Å². The van der Waals surface area contributed by atoms with Crippen LogP contribution in [0.3, 0.4) is 0 Å². The standard InChI is InChI=1S/C22H22N2O4S/c1-16-8-13-21(17(2)14-16)28-15-22(25)23-18-9-11-20(12-10-18)29(26,27)24-19-6-4-3-5-7-19/h3-14,24H,15H2,1-2H3,(H,23,25). The fraction of sp³-hybridized carbons (Fsp3) is 0.136. The SMILES string of the molecule is Cc1ccc(OCC(=O)Nc2ccc(S(=O)(=O)Nc3ccccc3)cc2)c(C)c1. The second-order valence-electron chi connectivity index (χ2n) is 6.60. The lowest BCUT2D eigenvalue weighted by Gasteiger charge is -2.11. The summed E-state index contributed by atoms with van der Waals surface area (Å²) < 4.78 is 32.9. The number of aryl methyl sites for hydroxylation is 2. The van der Waals surface area contributed by atoms with E-state index in [0.29, 0.717) is 17.1 Å². The molecule has 0 fully saturated rings. The summed E-state index contributed by atoms with van der Waals surface area (Å²) in [7, 11) is -3.70. The largest absolute Gasteiger partial charge is 0.483 e. The van der Waals surface area contributed by atoms with Crippen molar-refractivity contribution >= 4 is 27.3 Å². The van der Waals surface area contributed by atoms with Crippen molar-refractivity contribution < 1.29 is 17.9 Å². The quantitative estimate of drug-likeness (QED) is 0.614. The van der Waals surface area contributed by atoms with Gasteiger partial charge in [-0.2, -0.15) is 0 Å². The van der Waals surface area contributed by atoms with Crippen molar-refractivity contribution in [1.29, 1.82) is 0 Å². The minimum Gasteiger partial charge on any atom is -0.483 e. The maximum atomic E-state index is 12.4. The van der Waals surface area contributed by atoms with Crippen LogP contribution < -0.4 is 14.8 Å². The number of nitrogens with one attached hydrogen (secondary N) is 2. The maximum Gasteiger partial charge on any atom is 0.262 e. The lowest BCUT2D eigenvalue weighted by atomic mass is 10.1. The Labute approximate surface area is 170 Å². The molecule has 0 radical (unpaired) electrons. The Bertz CT molecular complexity index is 1100. The van der Waals surface area contributed by atoms with Crippen molar-refractivity contribution in [3.8, 4) is 5.75 Å². The molecule has 0 saturated carbocycles. The number of rotatable bonds is 7. The molecule has 0 atom stereocenters. The summed E-state index contributed by atoms with van der Waals surface area (Å²) in [5, 5.41) is 2.69. The van der Waals surface area contributed by atoms with E-state index in [9.17, 15) is 13.2 Å². The Hall–Kier alpha value is -3.32. The van der Waals surface area contributed by atoms with Gasteiger partial charge < -0.3 is 10.1 Å². The van der Waals surface area contributed by atoms with Crippen LogP contribution in [0, 0.1) is 13.8 Å². The zero-order valence-electron chi connectivity index (χ0n) is 16.2. The highest BCUT2D eigenvalue weighted by atomic mass is 32.2. The fourth-order valence-corrected chi connectivity index (χ4v) is 3.80. The summed E-state index contributed by atoms with van der Waals surface area (Å²) in [5.41, 5.74) is 3.04. The summed E-state index contributed by atoms with van der Waals surface area (Å²) >= 11 is 0. The molecule has 0 heterocycles. The van der Waals surface area contributed by atoms with Gasteiger partial charge in [-0.3, -0.25) is 9.52 Å². The Morgan fingerprint density at radius 1 is 0.897 bits per heavy atom. The lowest BCUT2D eigenvalue weighted by molar-refractivity contribution is -0.118. The number of sulfonamides is 1. The van der Waals surface area contributed by atoms with Gasteiger partial charge in [0.25, 0.3) is 15.9 Å². The van der Waals surface area contributed by atoms with Crippen LogP contribution in [0.1, 0.15) is 11.1 Å². The van der Waals surface area contributed by atoms with E-state index < -0.39 is 10.0 Å². The smallest absolute Gasteiger partial charge is 0.262 e. The number of para-hydroxylation sites is 1. The highest BCUT2D eigenvalue weighted by Gasteiger charge is 2.14. The van der Waals surface area contributed by atoms with Crippen LogP contribution in [0.15, 0.2) is 77.7 Å². The van der Waals surface area contributed by atoms with Gasteiger partial charge >= 0.3 is 0 Å². The van der Waals surface area contributed by atoms with Gasteiger partial charge in [0.1, 0.15) is 5.75 Å². The predicted molar refractivity (Wildman–Crippen MR) is 114 cm³/mol. The van der Waals surface area contributed by atoms with Crippen LogP contribution >= 0.6 is 0 Å². The molecule has 6 nitrogen and oxygen atoms in total. The molecule has 3 aromatic rings. The summed E-state index contributed by atoms with van der Waals surface area (Å²) in [6, 6.07) is 20.3. The Kier molecular flexibility index (Phi) is 6.19. The van der Waals surface area contributed by atoms with Crippen molar-refractivity contribution in [1.82, 2.24) is 0 Å². The highest BCUT2D eigenvalue weighted by Crippen LogP contribution is 2.20. The van der Waals surface area contributed by atoms with E-state index in [1.807, 2.05) is 32.0 Å². The van der Waals surface area contributed by atoms with Gasteiger partial charge in [0, 0.05) is 11.4 Å². The minimum atomic E-state index is -3.70. The maximum absolute atomic E-state index is 12.4. The molecule has 2 N–H and O–H groups in total. The molecule has 0 aliphatic carbocycles. The van der Waals surface area contributed by atoms with Gasteiger partial charge in [0.15, 0.2) is 6.61 Å². The average molecular weight is 410 g/mol. The summed E-state index contributed by atoms with van der Waals surface area (Å²) in [6.07, 6.45) is 0. The zero-order chi connectivity index (χ0) is 20.9. The lowest BCUT2D eigenvalue weighted by Crippen LogP contribution is -2.20. The normalized spacial score (nSPS) is 11.0. The molecule has 3 rings (SSSR count). The van der Waals surface area contributed by atoms with Crippen molar-refractivity contribution in [2.45, 2.75) is 18.7 Å². The molecular weight excluding hydrogens is 388 g/mol. The predicted octanol–water partition coefficient (Wildman–Crippen LogP) is 4.12. The second kappa shape index (κ2) is 8.79. The van der Waals surface area contributed by atoms with Gasteiger partial charge in [-0.05, 0) is 61.9 Å². The number of benzene rings is 3. The number of amides is 1. The molecule has 29 heavy (non-hydrogen) atoms. The van der Waals surface area contributed by atoms with Gasteiger partial charge in [-0.15, -0.1) is 0 Å². The van der Waals surface area contributed by atoms with Crippen LogP contribution in [0.2, 0.25) is 0 Å². The van der Waals surface area contributed by atoms with Gasteiger partial charge in [0.05, 0.1) is 4.90 Å². The van der Waals surface area contributed by atoms with E-state index >= 15 is 0 Å². The van der Waals surface area contributed by atoms with Crippen molar-refractivity contribution in [2.75, 3.05) is 16.6 Å². The minimum absolute atomic E-state index is 0.103. The molecule has 0 aliphatic rings. The fourth-order valence-electron chi connectivity index (χ4n) is 2.74. The molecule has 0 aromatic heterocycles. The van der Waals surface area contributed by atoms with Crippen molar-refractivity contribution in [3.05, 3.63) is 83.9 Å². The molecule has 7 heteroatoms. The molecule has 0 unspecified atom stereocenters. The number of carbonyl (C=O) groups is 1. The number of anilines is 2. The van der Waals surface area contributed by atoms with Gasteiger partial charge in [-0.1, -0.05) is 35.9 Å². The molecule has 0 bridgehead atoms. The topological polar surface area (TPSA) is 84.5 Å². The van der Waals surface area contributed by atoms with E-state index in [1.165, 1.54) is 24.3 Å². The van der Waals surface area contributed by atoms with E-state index in [0.717, 1.165) is 11.1 Å². The van der Waals surface area contributed by atoms with Crippen LogP contribution in [-0.2, 0) is 14.8 Å². The van der Waals surface area contributed by atoms with Gasteiger partial charge in [0.2, 0.25) is 0 Å². The summed E-state index contributed by atoms with van der Waals surface area (Å²) in [5.74, 6) is 0.321. The van der Waals surface area contributed by atoms with Crippen molar-refractivity contribution in [2.24, 2.45) is 0 Å². The Morgan fingerprint density at radius 3 is 2.24 bits per heavy atom. The van der Waals surface area contributed by atoms with E-state index in [1.54, 1.807) is 30.3 Å². The third kappa shape index (κ3) is 5.58. The molecule has 0 aliphatic heterocycles. The first-order valence-corrected chi connectivity index (χ1v) is 10.5. The first-order chi connectivity index (χ1) is 13.8. The molecule has 0 spiro atoms. The van der Waals surface area contributed by atoms with E-state index in [2.05, 4.69) is 10.0 Å².